The van der Waals surface area contributed by atoms with E-state index in [1.807, 2.05) is 13.8 Å². The molecule has 200 valence electrons. The summed E-state index contributed by atoms with van der Waals surface area (Å²) in [6.07, 6.45) is 0.178. The zero-order valence-corrected chi connectivity index (χ0v) is 22.5. The zero-order valence-electron chi connectivity index (χ0n) is 21.0. The Kier molecular flexibility index (Phi) is 8.47. The number of amides is 2. The molecule has 0 saturated heterocycles. The molecule has 1 heterocycles. The van der Waals surface area contributed by atoms with Gasteiger partial charge in [-0.3, -0.25) is 19.3 Å². The number of imide groups is 1. The van der Waals surface area contributed by atoms with Gasteiger partial charge in [-0.2, -0.15) is 0 Å². The Morgan fingerprint density at radius 3 is 1.97 bits per heavy atom. The third kappa shape index (κ3) is 6.19. The number of ether oxygens (including phenoxy) is 2. The monoisotopic (exact) mass is 567 g/mol. The summed E-state index contributed by atoms with van der Waals surface area (Å²) in [6.45, 7) is 3.10. The number of benzene rings is 3. The Bertz CT molecular complexity index is 1430. The van der Waals surface area contributed by atoms with E-state index in [1.54, 1.807) is 12.1 Å². The van der Waals surface area contributed by atoms with E-state index in [1.165, 1.54) is 54.6 Å². The van der Waals surface area contributed by atoms with Crippen LogP contribution >= 0.6 is 23.2 Å². The number of carbonyl (C=O) groups is 5. The van der Waals surface area contributed by atoms with E-state index in [0.29, 0.717) is 5.02 Å². The summed E-state index contributed by atoms with van der Waals surface area (Å²) in [7, 11) is 0. The molecule has 1 aliphatic heterocycles. The van der Waals surface area contributed by atoms with Gasteiger partial charge in [-0.1, -0.05) is 49.2 Å². The van der Waals surface area contributed by atoms with Crippen LogP contribution in [0.3, 0.4) is 0 Å². The molecule has 0 spiro atoms. The fraction of sp³-hybridized carbons (Fsp3) is 0.207. The first-order valence-electron chi connectivity index (χ1n) is 12.0. The Balaban J connectivity index is 1.39. The largest absolute Gasteiger partial charge is 0.456 e. The van der Waals surface area contributed by atoms with E-state index in [2.05, 4.69) is 0 Å². The first-order chi connectivity index (χ1) is 18.6. The number of Topliss-reactive ketones (excluding diaryl/α,β-unsaturated/α-hetero) is 1. The second kappa shape index (κ2) is 11.8. The predicted octanol–water partition coefficient (Wildman–Crippen LogP) is 5.65. The molecule has 0 radical (unpaired) electrons. The van der Waals surface area contributed by atoms with Crippen molar-refractivity contribution in [2.24, 2.45) is 5.92 Å². The van der Waals surface area contributed by atoms with Gasteiger partial charge in [0.05, 0.1) is 26.7 Å². The predicted molar refractivity (Wildman–Crippen MR) is 143 cm³/mol. The van der Waals surface area contributed by atoms with Crippen LogP contribution in [0.5, 0.6) is 5.75 Å². The van der Waals surface area contributed by atoms with Crippen molar-refractivity contribution in [3.63, 3.8) is 0 Å². The van der Waals surface area contributed by atoms with Crippen LogP contribution in [0.25, 0.3) is 0 Å². The summed E-state index contributed by atoms with van der Waals surface area (Å²) in [4.78, 5) is 64.8. The molecule has 1 unspecified atom stereocenters. The van der Waals surface area contributed by atoms with Crippen LogP contribution in [0.4, 0.5) is 0 Å². The minimum absolute atomic E-state index is 0.0401. The molecule has 39 heavy (non-hydrogen) atoms. The molecule has 1 aliphatic rings. The standard InChI is InChI=1S/C29H23Cl2NO7/c1-16(2)13-24(32-26(34)20-5-3-4-6-21(20)27(32)35)29(37)38-15-25(33)17-7-10-19(11-8-17)39-28(36)18-9-12-22(30)23(31)14-18/h3-12,14,16,24H,13,15H2,1-2H3. The SMILES string of the molecule is CC(C)CC(C(=O)OCC(=O)c1ccc(OC(=O)c2ccc(Cl)c(Cl)c2)cc1)N1C(=O)c2ccccc2C1=O. The van der Waals surface area contributed by atoms with Crippen LogP contribution in [0.2, 0.25) is 10.0 Å². The Morgan fingerprint density at radius 2 is 1.41 bits per heavy atom. The number of carbonyl (C=O) groups excluding carboxylic acids is 5. The third-order valence-corrected chi connectivity index (χ3v) is 6.73. The Morgan fingerprint density at radius 1 is 0.821 bits per heavy atom. The van der Waals surface area contributed by atoms with Crippen molar-refractivity contribution >= 4 is 52.7 Å². The smallest absolute Gasteiger partial charge is 0.343 e. The van der Waals surface area contributed by atoms with Crippen molar-refractivity contribution < 1.29 is 33.4 Å². The minimum Gasteiger partial charge on any atom is -0.456 e. The molecular formula is C29H23Cl2NO7. The molecule has 2 amide bonds. The minimum atomic E-state index is -1.17. The molecule has 1 atom stereocenters. The topological polar surface area (TPSA) is 107 Å². The molecule has 3 aromatic carbocycles. The molecule has 10 heteroatoms. The normalized spacial score (nSPS) is 13.3. The number of rotatable bonds is 9. The van der Waals surface area contributed by atoms with E-state index in [0.717, 1.165) is 4.90 Å². The summed E-state index contributed by atoms with van der Waals surface area (Å²) >= 11 is 11.8. The van der Waals surface area contributed by atoms with Crippen LogP contribution in [-0.2, 0) is 9.53 Å². The highest BCUT2D eigenvalue weighted by Gasteiger charge is 2.43. The number of hydrogen-bond donors (Lipinski definition) is 0. The van der Waals surface area contributed by atoms with Gasteiger partial charge in [-0.25, -0.2) is 9.59 Å². The van der Waals surface area contributed by atoms with Crippen molar-refractivity contribution in [2.45, 2.75) is 26.3 Å². The van der Waals surface area contributed by atoms with Gasteiger partial charge >= 0.3 is 11.9 Å². The molecule has 0 aromatic heterocycles. The number of ketones is 1. The number of halogens is 2. The number of esters is 2. The summed E-state index contributed by atoms with van der Waals surface area (Å²) in [6, 6.07) is 15.2. The third-order valence-electron chi connectivity index (χ3n) is 5.99. The van der Waals surface area contributed by atoms with Gasteiger partial charge in [0.1, 0.15) is 11.8 Å². The fourth-order valence-electron chi connectivity index (χ4n) is 4.06. The summed E-state index contributed by atoms with van der Waals surface area (Å²) in [5.74, 6) is -3.03. The van der Waals surface area contributed by atoms with Crippen molar-refractivity contribution in [1.29, 1.82) is 0 Å². The second-order valence-corrected chi connectivity index (χ2v) is 10.1. The van der Waals surface area contributed by atoms with Gasteiger partial charge in [0.2, 0.25) is 0 Å². The highest BCUT2D eigenvalue weighted by Crippen LogP contribution is 2.28. The maximum Gasteiger partial charge on any atom is 0.343 e. The van der Waals surface area contributed by atoms with Crippen molar-refractivity contribution in [1.82, 2.24) is 4.90 Å². The molecule has 4 rings (SSSR count). The van der Waals surface area contributed by atoms with Gasteiger partial charge in [-0.05, 0) is 66.9 Å². The van der Waals surface area contributed by atoms with Gasteiger partial charge in [-0.15, -0.1) is 0 Å². The number of fused-ring (bicyclic) bond motifs is 1. The van der Waals surface area contributed by atoms with Crippen LogP contribution < -0.4 is 4.74 Å². The lowest BCUT2D eigenvalue weighted by Gasteiger charge is -2.25. The molecule has 3 aromatic rings. The molecule has 8 nitrogen and oxygen atoms in total. The van der Waals surface area contributed by atoms with Gasteiger partial charge in [0.15, 0.2) is 12.4 Å². The lowest BCUT2D eigenvalue weighted by atomic mass is 10.0. The van der Waals surface area contributed by atoms with Crippen LogP contribution in [0, 0.1) is 5.92 Å². The second-order valence-electron chi connectivity index (χ2n) is 9.24. The molecule has 0 N–H and O–H groups in total. The van der Waals surface area contributed by atoms with E-state index in [4.69, 9.17) is 32.7 Å². The van der Waals surface area contributed by atoms with Crippen LogP contribution in [-0.4, -0.2) is 47.1 Å². The van der Waals surface area contributed by atoms with Gasteiger partial charge < -0.3 is 9.47 Å². The van der Waals surface area contributed by atoms with Crippen molar-refractivity contribution in [3.8, 4) is 5.75 Å². The first kappa shape index (κ1) is 28.0. The fourth-order valence-corrected chi connectivity index (χ4v) is 4.36. The Hall–Kier alpha value is -4.01. The van der Waals surface area contributed by atoms with E-state index < -0.39 is 42.2 Å². The highest BCUT2D eigenvalue weighted by atomic mass is 35.5. The first-order valence-corrected chi connectivity index (χ1v) is 12.8. The summed E-state index contributed by atoms with van der Waals surface area (Å²) < 4.78 is 10.6. The van der Waals surface area contributed by atoms with Crippen LogP contribution in [0.1, 0.15) is 61.7 Å². The molecule has 0 fully saturated rings. The van der Waals surface area contributed by atoms with Gasteiger partial charge in [0, 0.05) is 5.56 Å². The number of nitrogens with zero attached hydrogens (tertiary/aromatic N) is 1. The van der Waals surface area contributed by atoms with E-state index in [-0.39, 0.29) is 45.4 Å². The maximum atomic E-state index is 13.0. The Labute approximate surface area is 234 Å². The average Bonchev–Trinajstić information content (AvgIpc) is 3.17. The van der Waals surface area contributed by atoms with E-state index >= 15 is 0 Å². The maximum absolute atomic E-state index is 13.0. The van der Waals surface area contributed by atoms with Crippen molar-refractivity contribution in [3.05, 3.63) is 99.0 Å². The molecule has 0 saturated carbocycles. The highest BCUT2D eigenvalue weighted by molar-refractivity contribution is 6.42. The van der Waals surface area contributed by atoms with Crippen LogP contribution in [0.15, 0.2) is 66.7 Å². The molecular weight excluding hydrogens is 545 g/mol. The lowest BCUT2D eigenvalue weighted by Crippen LogP contribution is -2.46. The van der Waals surface area contributed by atoms with Gasteiger partial charge in [0.25, 0.3) is 11.8 Å². The summed E-state index contributed by atoms with van der Waals surface area (Å²) in [5, 5.41) is 0.510. The van der Waals surface area contributed by atoms with Crippen molar-refractivity contribution in [2.75, 3.05) is 6.61 Å². The summed E-state index contributed by atoms with van der Waals surface area (Å²) in [5.41, 5.74) is 0.851. The number of hydrogen-bond acceptors (Lipinski definition) is 7. The van der Waals surface area contributed by atoms with E-state index in [9.17, 15) is 24.0 Å². The molecule has 0 bridgehead atoms. The zero-order chi connectivity index (χ0) is 28.3. The lowest BCUT2D eigenvalue weighted by molar-refractivity contribution is -0.147. The quantitative estimate of drug-likeness (QED) is 0.142. The molecule has 0 aliphatic carbocycles. The average molecular weight is 568 g/mol.